The number of aliphatic hydroxyl groups excluding tert-OH is 1. The van der Waals surface area contributed by atoms with Gasteiger partial charge in [0.05, 0.1) is 50.0 Å². The van der Waals surface area contributed by atoms with E-state index < -0.39 is 5.97 Å². The van der Waals surface area contributed by atoms with Crippen LogP contribution < -0.4 is 9.64 Å². The van der Waals surface area contributed by atoms with Crippen molar-refractivity contribution in [1.29, 1.82) is 0 Å². The maximum atomic E-state index is 11.1. The van der Waals surface area contributed by atoms with Crippen LogP contribution in [0.2, 0.25) is 10.0 Å². The number of carbonyl (C=O) groups is 1. The Balaban J connectivity index is 1.17. The van der Waals surface area contributed by atoms with E-state index in [-0.39, 0.29) is 25.0 Å². The number of anilines is 1. The van der Waals surface area contributed by atoms with E-state index in [9.17, 15) is 9.90 Å². The third-order valence-electron chi connectivity index (χ3n) is 8.54. The number of rotatable bonds is 10. The summed E-state index contributed by atoms with van der Waals surface area (Å²) in [7, 11) is 0. The number of benzene rings is 1. The number of ether oxygens (including phenoxy) is 2. The maximum Gasteiger partial charge on any atom is 0.303 e. The lowest BCUT2D eigenvalue weighted by molar-refractivity contribution is -0.138. The molecule has 44 heavy (non-hydrogen) atoms. The van der Waals surface area contributed by atoms with Crippen LogP contribution >= 0.6 is 23.2 Å². The van der Waals surface area contributed by atoms with E-state index >= 15 is 0 Å². The van der Waals surface area contributed by atoms with Crippen molar-refractivity contribution in [2.24, 2.45) is 5.92 Å². The van der Waals surface area contributed by atoms with Crippen LogP contribution in [-0.2, 0) is 16.1 Å². The van der Waals surface area contributed by atoms with Crippen LogP contribution in [0.15, 0.2) is 42.7 Å². The molecule has 234 valence electrons. The zero-order chi connectivity index (χ0) is 30.6. The van der Waals surface area contributed by atoms with E-state index in [1.54, 1.807) is 18.5 Å². The van der Waals surface area contributed by atoms with Gasteiger partial charge in [-0.05, 0) is 61.7 Å². The molecule has 1 aromatic carbocycles. The minimum absolute atomic E-state index is 0.00508. The Bertz CT molecular complexity index is 1430. The SMILES string of the molecule is O=C(O)CC1CCN(Cc2cc(Oc3cnc(N4CCN(C5COC5)C(CO)C4)nc3)nc(-c3cc(Cl)cc(Cl)c3)c2)CC1. The number of hydrogen-bond donors (Lipinski definition) is 2. The Kier molecular flexibility index (Phi) is 9.80. The normalized spacial score (nSPS) is 20.4. The van der Waals surface area contributed by atoms with Crippen LogP contribution in [0.3, 0.4) is 0 Å². The minimum atomic E-state index is -0.738. The van der Waals surface area contributed by atoms with E-state index in [0.717, 1.165) is 50.1 Å². The summed E-state index contributed by atoms with van der Waals surface area (Å²) in [6.07, 6.45) is 5.20. The van der Waals surface area contributed by atoms with E-state index in [4.69, 9.17) is 42.8 Å². The van der Waals surface area contributed by atoms with Gasteiger partial charge in [0.1, 0.15) is 0 Å². The van der Waals surface area contributed by atoms with Gasteiger partial charge in [-0.15, -0.1) is 0 Å². The predicted octanol–water partition coefficient (Wildman–Crippen LogP) is 4.21. The quantitative estimate of drug-likeness (QED) is 0.330. The highest BCUT2D eigenvalue weighted by Gasteiger charge is 2.35. The largest absolute Gasteiger partial charge is 0.481 e. The molecule has 0 radical (unpaired) electrons. The summed E-state index contributed by atoms with van der Waals surface area (Å²) in [5.41, 5.74) is 2.44. The second-order valence-electron chi connectivity index (χ2n) is 11.7. The van der Waals surface area contributed by atoms with Gasteiger partial charge < -0.3 is 24.6 Å². The molecule has 0 spiro atoms. The lowest BCUT2D eigenvalue weighted by atomic mass is 9.93. The third kappa shape index (κ3) is 7.59. The number of halogens is 2. The van der Waals surface area contributed by atoms with Crippen LogP contribution in [0, 0.1) is 5.92 Å². The molecular weight excluding hydrogens is 607 g/mol. The summed E-state index contributed by atoms with van der Waals surface area (Å²) in [4.78, 5) is 31.8. The summed E-state index contributed by atoms with van der Waals surface area (Å²) in [5, 5.41) is 20.2. The molecule has 0 amide bonds. The zero-order valence-corrected chi connectivity index (χ0v) is 25.8. The molecule has 2 N–H and O–H groups in total. The molecule has 1 atom stereocenters. The summed E-state index contributed by atoms with van der Waals surface area (Å²) in [6, 6.07) is 9.59. The maximum absolute atomic E-state index is 11.1. The van der Waals surface area contributed by atoms with Crippen molar-refractivity contribution in [3.8, 4) is 22.9 Å². The van der Waals surface area contributed by atoms with Gasteiger partial charge in [0.15, 0.2) is 5.75 Å². The van der Waals surface area contributed by atoms with E-state index in [1.165, 1.54) is 0 Å². The summed E-state index contributed by atoms with van der Waals surface area (Å²) in [6.45, 7) is 6.01. The van der Waals surface area contributed by atoms with Gasteiger partial charge in [0.2, 0.25) is 11.8 Å². The number of aliphatic carboxylic acids is 1. The van der Waals surface area contributed by atoms with Crippen molar-refractivity contribution in [2.75, 3.05) is 57.4 Å². The van der Waals surface area contributed by atoms with Crippen LogP contribution in [-0.4, -0.2) is 106 Å². The fraction of sp³-hybridized carbons (Fsp3) is 0.484. The average Bonchev–Trinajstić information content (AvgIpc) is 2.97. The number of piperazine rings is 1. The molecule has 5 heterocycles. The first-order valence-electron chi connectivity index (χ1n) is 14.9. The molecule has 1 unspecified atom stereocenters. The number of pyridine rings is 1. The number of carboxylic acid groups (broad SMARTS) is 1. The van der Waals surface area contributed by atoms with Gasteiger partial charge in [-0.2, -0.15) is 0 Å². The van der Waals surface area contributed by atoms with Gasteiger partial charge in [-0.25, -0.2) is 15.0 Å². The molecule has 13 heteroatoms. The first kappa shape index (κ1) is 30.9. The highest BCUT2D eigenvalue weighted by molar-refractivity contribution is 6.35. The fourth-order valence-corrected chi connectivity index (χ4v) is 6.69. The number of nitrogens with zero attached hydrogens (tertiary/aromatic N) is 6. The van der Waals surface area contributed by atoms with Crippen molar-refractivity contribution in [3.63, 3.8) is 0 Å². The molecule has 0 saturated carbocycles. The Labute approximate surface area is 266 Å². The van der Waals surface area contributed by atoms with Crippen LogP contribution in [0.1, 0.15) is 24.8 Å². The molecule has 3 aromatic rings. The van der Waals surface area contributed by atoms with Crippen molar-refractivity contribution in [2.45, 2.75) is 37.9 Å². The van der Waals surface area contributed by atoms with Crippen molar-refractivity contribution < 1.29 is 24.5 Å². The van der Waals surface area contributed by atoms with E-state index in [0.29, 0.717) is 65.7 Å². The summed E-state index contributed by atoms with van der Waals surface area (Å²) < 4.78 is 11.5. The van der Waals surface area contributed by atoms with E-state index in [2.05, 4.69) is 24.7 Å². The molecule has 3 aliphatic rings. The number of aromatic nitrogens is 3. The van der Waals surface area contributed by atoms with Gasteiger partial charge in [0.25, 0.3) is 0 Å². The smallest absolute Gasteiger partial charge is 0.303 e. The molecule has 6 rings (SSSR count). The molecule has 3 fully saturated rings. The summed E-state index contributed by atoms with van der Waals surface area (Å²) in [5.74, 6) is 0.900. The van der Waals surface area contributed by atoms with E-state index in [1.807, 2.05) is 24.3 Å². The van der Waals surface area contributed by atoms with Gasteiger partial charge in [0, 0.05) is 54.3 Å². The Hall–Kier alpha value is -3.06. The fourth-order valence-electron chi connectivity index (χ4n) is 6.16. The third-order valence-corrected chi connectivity index (χ3v) is 8.98. The number of aliphatic hydroxyl groups is 1. The van der Waals surface area contributed by atoms with Crippen LogP contribution in [0.25, 0.3) is 11.3 Å². The van der Waals surface area contributed by atoms with Gasteiger partial charge in [-0.3, -0.25) is 14.6 Å². The molecule has 3 saturated heterocycles. The first-order chi connectivity index (χ1) is 21.3. The number of hydrogen-bond acceptors (Lipinski definition) is 10. The van der Waals surface area contributed by atoms with Crippen LogP contribution in [0.4, 0.5) is 5.95 Å². The molecule has 2 aromatic heterocycles. The molecule has 11 nitrogen and oxygen atoms in total. The highest BCUT2D eigenvalue weighted by Crippen LogP contribution is 2.31. The minimum Gasteiger partial charge on any atom is -0.481 e. The zero-order valence-electron chi connectivity index (χ0n) is 24.3. The number of likely N-dealkylation sites (tertiary alicyclic amines) is 1. The van der Waals surface area contributed by atoms with Crippen molar-refractivity contribution >= 4 is 35.1 Å². The van der Waals surface area contributed by atoms with Gasteiger partial charge in [-0.1, -0.05) is 23.2 Å². The second kappa shape index (κ2) is 13.9. The lowest BCUT2D eigenvalue weighted by Gasteiger charge is -2.47. The monoisotopic (exact) mass is 642 g/mol. The van der Waals surface area contributed by atoms with Crippen LogP contribution in [0.5, 0.6) is 11.6 Å². The van der Waals surface area contributed by atoms with Gasteiger partial charge >= 0.3 is 5.97 Å². The summed E-state index contributed by atoms with van der Waals surface area (Å²) >= 11 is 12.6. The first-order valence-corrected chi connectivity index (χ1v) is 15.7. The number of piperidine rings is 1. The number of carboxylic acids is 1. The molecular formula is C31H36Cl2N6O5. The molecule has 3 aliphatic heterocycles. The average molecular weight is 644 g/mol. The Morgan fingerprint density at radius 2 is 1.73 bits per heavy atom. The van der Waals surface area contributed by atoms with Crippen molar-refractivity contribution in [1.82, 2.24) is 24.8 Å². The van der Waals surface area contributed by atoms with Crippen molar-refractivity contribution in [3.05, 3.63) is 58.3 Å². The highest BCUT2D eigenvalue weighted by atomic mass is 35.5. The lowest BCUT2D eigenvalue weighted by Crippen LogP contribution is -2.62. The topological polar surface area (TPSA) is 124 Å². The molecule has 0 aliphatic carbocycles. The second-order valence-corrected chi connectivity index (χ2v) is 12.6. The molecule has 0 bridgehead atoms. The Morgan fingerprint density at radius 3 is 2.36 bits per heavy atom. The predicted molar refractivity (Wildman–Crippen MR) is 166 cm³/mol. The Morgan fingerprint density at radius 1 is 1.00 bits per heavy atom. The standard InChI is InChI=1S/C31H36Cl2N6O5/c32-23-10-22(11-24(33)12-23)28-7-21(15-37-3-1-20(2-4-37)9-30(41)42)8-29(36-28)44-27-13-34-31(35-14-27)38-5-6-39(25(16-38)17-40)26-18-43-19-26/h7-8,10-14,20,25-26,40H,1-6,9,15-19H2,(H,41,42).